The molecule has 0 saturated heterocycles. The fourth-order valence-electron chi connectivity index (χ4n) is 3.58. The second-order valence-electron chi connectivity index (χ2n) is 7.66. The summed E-state index contributed by atoms with van der Waals surface area (Å²) in [5, 5.41) is 24.2. The number of nitrogens with two attached hydrogens (primary N) is 2. The van der Waals surface area contributed by atoms with Gasteiger partial charge in [-0.3, -0.25) is 14.6 Å². The first-order valence-electron chi connectivity index (χ1n) is 11.5. The number of ether oxygens (including phenoxy) is 1. The first-order chi connectivity index (χ1) is 17.8. The summed E-state index contributed by atoms with van der Waals surface area (Å²) in [6, 6.07) is 10.4. The lowest BCUT2D eigenvalue weighted by Gasteiger charge is -2.16. The van der Waals surface area contributed by atoms with E-state index in [1.54, 1.807) is 56.7 Å². The van der Waals surface area contributed by atoms with Crippen molar-refractivity contribution in [3.63, 3.8) is 0 Å². The fraction of sp³-hybridized carbons (Fsp3) is 0.250. The second-order valence-corrected chi connectivity index (χ2v) is 7.66. The number of hydrazine groups is 1. The number of anilines is 4. The second kappa shape index (κ2) is 11.9. The Morgan fingerprint density at radius 2 is 1.97 bits per heavy atom. The van der Waals surface area contributed by atoms with Crippen molar-refractivity contribution in [3.05, 3.63) is 64.1 Å². The third kappa shape index (κ3) is 5.97. The van der Waals surface area contributed by atoms with Crippen molar-refractivity contribution >= 4 is 39.9 Å². The van der Waals surface area contributed by atoms with E-state index in [9.17, 15) is 9.90 Å². The number of H-pyrrole nitrogens is 1. The average Bonchev–Trinajstić information content (AvgIpc) is 3.17. The number of para-hydroxylation sites is 1. The Morgan fingerprint density at radius 1 is 1.22 bits per heavy atom. The molecule has 3 aromatic heterocycles. The molecular formula is C24H32N10O3. The predicted molar refractivity (Wildman–Crippen MR) is 145 cm³/mol. The molecule has 0 bridgehead atoms. The van der Waals surface area contributed by atoms with Crippen LogP contribution in [0.25, 0.3) is 11.0 Å². The maximum atomic E-state index is 12.8. The van der Waals surface area contributed by atoms with Gasteiger partial charge in [0.15, 0.2) is 17.2 Å². The summed E-state index contributed by atoms with van der Waals surface area (Å²) in [6.45, 7) is 3.88. The SMILES string of the molecule is CC.COc1c(Nc2cc(Nc3cc(CO)ccn3)nc3[nH]n(C)c(=O)c23)cccc1/C(N)=N/N(C)N. The van der Waals surface area contributed by atoms with E-state index in [1.165, 1.54) is 11.8 Å². The zero-order valence-electron chi connectivity index (χ0n) is 21.4. The number of benzene rings is 1. The standard InChI is InChI=1S/C22H26N10O3.C2H6/c1-31-22(34)18-15(26-14-6-4-5-13(19(14)35-3)20(23)29-32(2)24)10-17(28-21(18)30-31)27-16-9-12(11-33)7-8-25-16;1-2/h4-10,33H,11,24H2,1-3H3,(H2,23,29)(H3,25,26,27,28,30);1-2H3. The molecule has 196 valence electrons. The van der Waals surface area contributed by atoms with E-state index >= 15 is 0 Å². The van der Waals surface area contributed by atoms with Crippen molar-refractivity contribution in [2.45, 2.75) is 20.5 Å². The van der Waals surface area contributed by atoms with Crippen LogP contribution < -0.4 is 32.5 Å². The Morgan fingerprint density at radius 3 is 2.65 bits per heavy atom. The van der Waals surface area contributed by atoms with Crippen LogP contribution in [0.3, 0.4) is 0 Å². The van der Waals surface area contributed by atoms with E-state index in [4.69, 9.17) is 16.3 Å². The van der Waals surface area contributed by atoms with E-state index in [0.29, 0.717) is 50.9 Å². The lowest BCUT2D eigenvalue weighted by atomic mass is 10.1. The Kier molecular flexibility index (Phi) is 8.66. The fourth-order valence-corrected chi connectivity index (χ4v) is 3.58. The minimum atomic E-state index is -0.261. The molecule has 8 N–H and O–H groups in total. The number of amidine groups is 1. The van der Waals surface area contributed by atoms with Crippen LogP contribution in [-0.4, -0.2) is 50.0 Å². The molecule has 0 atom stereocenters. The Balaban J connectivity index is 0.00000186. The van der Waals surface area contributed by atoms with Crippen LogP contribution in [0.1, 0.15) is 25.0 Å². The normalized spacial score (nSPS) is 11.1. The summed E-state index contributed by atoms with van der Waals surface area (Å²) in [5.41, 5.74) is 8.44. The van der Waals surface area contributed by atoms with E-state index in [1.807, 2.05) is 13.8 Å². The van der Waals surface area contributed by atoms with E-state index in [0.717, 1.165) is 5.12 Å². The van der Waals surface area contributed by atoms with Crippen LogP contribution in [0.5, 0.6) is 5.75 Å². The zero-order valence-corrected chi connectivity index (χ0v) is 21.4. The van der Waals surface area contributed by atoms with E-state index in [2.05, 4.69) is 30.8 Å². The maximum Gasteiger partial charge on any atom is 0.277 e. The summed E-state index contributed by atoms with van der Waals surface area (Å²) >= 11 is 0. The number of aromatic nitrogens is 4. The highest BCUT2D eigenvalue weighted by atomic mass is 16.5. The molecule has 13 nitrogen and oxygen atoms in total. The van der Waals surface area contributed by atoms with Crippen LogP contribution in [-0.2, 0) is 13.7 Å². The number of hydrogen-bond donors (Lipinski definition) is 6. The Labute approximate surface area is 213 Å². The minimum absolute atomic E-state index is 0.120. The van der Waals surface area contributed by atoms with Gasteiger partial charge in [-0.25, -0.2) is 20.9 Å². The first-order valence-corrected chi connectivity index (χ1v) is 11.5. The number of aromatic amines is 1. The minimum Gasteiger partial charge on any atom is -0.494 e. The van der Waals surface area contributed by atoms with Crippen molar-refractivity contribution in [1.29, 1.82) is 0 Å². The summed E-state index contributed by atoms with van der Waals surface area (Å²) < 4.78 is 6.95. The lowest BCUT2D eigenvalue weighted by Crippen LogP contribution is -2.26. The number of aliphatic hydroxyl groups excluding tert-OH is 1. The van der Waals surface area contributed by atoms with Gasteiger partial charge in [-0.15, -0.1) is 5.10 Å². The highest BCUT2D eigenvalue weighted by Crippen LogP contribution is 2.34. The number of rotatable bonds is 8. The predicted octanol–water partition coefficient (Wildman–Crippen LogP) is 2.10. The topological polar surface area (TPSA) is 185 Å². The number of aliphatic hydroxyl groups is 1. The highest BCUT2D eigenvalue weighted by Gasteiger charge is 2.18. The number of nitrogens with one attached hydrogen (secondary N) is 3. The molecule has 0 radical (unpaired) electrons. The number of nitrogens with zero attached hydrogens (tertiary/aromatic N) is 5. The third-order valence-corrected chi connectivity index (χ3v) is 5.10. The average molecular weight is 509 g/mol. The molecule has 13 heteroatoms. The molecule has 0 aliphatic carbocycles. The zero-order chi connectivity index (χ0) is 27.1. The van der Waals surface area contributed by atoms with Crippen LogP contribution >= 0.6 is 0 Å². The molecule has 0 saturated carbocycles. The van der Waals surface area contributed by atoms with Crippen LogP contribution in [0.15, 0.2) is 52.5 Å². The molecule has 3 heterocycles. The third-order valence-electron chi connectivity index (χ3n) is 5.10. The van der Waals surface area contributed by atoms with E-state index in [-0.39, 0.29) is 18.0 Å². The van der Waals surface area contributed by atoms with Crippen LogP contribution in [0.4, 0.5) is 23.0 Å². The number of aryl methyl sites for hydroxylation is 1. The lowest BCUT2D eigenvalue weighted by molar-refractivity contribution is 0.282. The quantitative estimate of drug-likeness (QED) is 0.0891. The van der Waals surface area contributed by atoms with Gasteiger partial charge in [-0.1, -0.05) is 19.9 Å². The molecule has 0 amide bonds. The Hall–Kier alpha value is -4.62. The van der Waals surface area contributed by atoms with Gasteiger partial charge in [-0.05, 0) is 29.8 Å². The van der Waals surface area contributed by atoms with E-state index < -0.39 is 0 Å². The van der Waals surface area contributed by atoms with Gasteiger partial charge >= 0.3 is 0 Å². The molecule has 37 heavy (non-hydrogen) atoms. The number of methoxy groups -OCH3 is 1. The van der Waals surface area contributed by atoms with Crippen molar-refractivity contribution in [1.82, 2.24) is 24.9 Å². The summed E-state index contributed by atoms with van der Waals surface area (Å²) in [7, 11) is 4.67. The van der Waals surface area contributed by atoms with Gasteiger partial charge in [-0.2, -0.15) is 0 Å². The van der Waals surface area contributed by atoms with Crippen molar-refractivity contribution in [2.75, 3.05) is 24.8 Å². The van der Waals surface area contributed by atoms with Gasteiger partial charge in [0.05, 0.1) is 30.7 Å². The first kappa shape index (κ1) is 27.0. The van der Waals surface area contributed by atoms with Crippen molar-refractivity contribution < 1.29 is 9.84 Å². The van der Waals surface area contributed by atoms with Gasteiger partial charge in [0.1, 0.15) is 17.0 Å². The number of pyridine rings is 2. The van der Waals surface area contributed by atoms with Crippen molar-refractivity contribution in [2.24, 2.45) is 23.7 Å². The largest absolute Gasteiger partial charge is 0.494 e. The summed E-state index contributed by atoms with van der Waals surface area (Å²) in [4.78, 5) is 21.6. The smallest absolute Gasteiger partial charge is 0.277 e. The van der Waals surface area contributed by atoms with Gasteiger partial charge in [0.25, 0.3) is 5.56 Å². The summed E-state index contributed by atoms with van der Waals surface area (Å²) in [6.07, 6.45) is 1.58. The molecule has 0 unspecified atom stereocenters. The van der Waals surface area contributed by atoms with Crippen LogP contribution in [0.2, 0.25) is 0 Å². The molecule has 0 aliphatic rings. The summed E-state index contributed by atoms with van der Waals surface area (Å²) in [5.74, 6) is 7.08. The number of hydrazone groups is 1. The molecule has 0 fully saturated rings. The molecular weight excluding hydrogens is 476 g/mol. The Bertz CT molecular complexity index is 1460. The monoisotopic (exact) mass is 508 g/mol. The molecule has 0 aliphatic heterocycles. The highest BCUT2D eigenvalue weighted by molar-refractivity contribution is 6.02. The number of hydrogen-bond acceptors (Lipinski definition) is 10. The molecule has 0 spiro atoms. The molecule has 4 aromatic rings. The van der Waals surface area contributed by atoms with Crippen molar-refractivity contribution in [3.8, 4) is 5.75 Å². The number of fused-ring (bicyclic) bond motifs is 1. The molecule has 4 rings (SSSR count). The van der Waals surface area contributed by atoms with Crippen LogP contribution in [0, 0.1) is 0 Å². The van der Waals surface area contributed by atoms with Gasteiger partial charge in [0, 0.05) is 26.4 Å². The van der Waals surface area contributed by atoms with Gasteiger partial charge in [0.2, 0.25) is 0 Å². The van der Waals surface area contributed by atoms with Gasteiger partial charge < -0.3 is 26.2 Å². The maximum absolute atomic E-state index is 12.8. The molecule has 1 aromatic carbocycles.